The van der Waals surface area contributed by atoms with Gasteiger partial charge in [-0.3, -0.25) is 0 Å². The largest absolute Gasteiger partial charge is 0.545 e. The Bertz CT molecular complexity index is 576. The lowest BCUT2D eigenvalue weighted by Crippen LogP contribution is -2.30. The van der Waals surface area contributed by atoms with Crippen molar-refractivity contribution < 1.29 is 19.6 Å². The lowest BCUT2D eigenvalue weighted by Gasteiger charge is -2.01. The number of nitrogens with zero attached hydrogens (tertiary/aromatic N) is 2. The van der Waals surface area contributed by atoms with Crippen LogP contribution >= 0.6 is 0 Å². The van der Waals surface area contributed by atoms with Gasteiger partial charge in [0.1, 0.15) is 12.4 Å². The smallest absolute Gasteiger partial charge is 0.243 e. The summed E-state index contributed by atoms with van der Waals surface area (Å²) in [4.78, 5) is 10.2. The van der Waals surface area contributed by atoms with Crippen LogP contribution in [0.4, 0.5) is 0 Å². The van der Waals surface area contributed by atoms with Crippen LogP contribution in [0.3, 0.4) is 0 Å². The Morgan fingerprint density at radius 3 is 2.39 bits per heavy atom. The Labute approximate surface area is 137 Å². The summed E-state index contributed by atoms with van der Waals surface area (Å²) in [5.74, 6) is -1.20. The molecule has 1 heterocycles. The molecule has 2 rings (SSSR count). The molecule has 0 atom stereocenters. The first-order chi connectivity index (χ1) is 11.1. The van der Waals surface area contributed by atoms with E-state index in [0.29, 0.717) is 5.56 Å². The molecule has 2 aromatic rings. The first kappa shape index (κ1) is 18.9. The van der Waals surface area contributed by atoms with Crippen LogP contribution in [0.15, 0.2) is 43.0 Å². The van der Waals surface area contributed by atoms with Gasteiger partial charge >= 0.3 is 0 Å². The molecule has 0 aliphatic heterocycles. The number of aryl methyl sites for hydroxylation is 2. The molecule has 0 radical (unpaired) electrons. The summed E-state index contributed by atoms with van der Waals surface area (Å²) in [6.07, 6.45) is 11.7. The Hall–Kier alpha value is -2.14. The number of aliphatic hydroxyl groups excluding tert-OH is 1. The van der Waals surface area contributed by atoms with Gasteiger partial charge in [0.25, 0.3) is 0 Å². The monoisotopic (exact) mass is 318 g/mol. The summed E-state index contributed by atoms with van der Waals surface area (Å²) in [5.41, 5.74) is 0.817. The molecule has 5 nitrogen and oxygen atoms in total. The zero-order valence-electron chi connectivity index (χ0n) is 13.9. The lowest BCUT2D eigenvalue weighted by molar-refractivity contribution is -0.696. The molecule has 5 heteroatoms. The van der Waals surface area contributed by atoms with Gasteiger partial charge in [-0.25, -0.2) is 9.13 Å². The van der Waals surface area contributed by atoms with Gasteiger partial charge in [-0.2, -0.15) is 0 Å². The van der Waals surface area contributed by atoms with Crippen LogP contribution in [0.1, 0.15) is 48.5 Å². The number of carbonyl (C=O) groups excluding carboxylic acids is 1. The third-order valence-electron chi connectivity index (χ3n) is 3.47. The summed E-state index contributed by atoms with van der Waals surface area (Å²) in [7, 11) is 2.06. The standard InChI is InChI=1S/C10H19N2.C8H8O3/c1-3-4-5-6-7-12-9-8-11(2)10-12;9-5-6-1-3-7(4-2-6)8(10)11/h8-10H,3-7H2,1-2H3;1-4,9H,5H2,(H,10,11)/q+1;/p-1. The Balaban J connectivity index is 0.000000231. The minimum Gasteiger partial charge on any atom is -0.545 e. The second kappa shape index (κ2) is 10.6. The molecule has 0 bridgehead atoms. The number of hydrogen-bond acceptors (Lipinski definition) is 3. The second-order valence-corrected chi connectivity index (χ2v) is 5.52. The van der Waals surface area contributed by atoms with Crippen molar-refractivity contribution in [2.45, 2.75) is 45.8 Å². The highest BCUT2D eigenvalue weighted by Gasteiger charge is 1.98. The molecule has 1 aromatic heterocycles. The summed E-state index contributed by atoms with van der Waals surface area (Å²) in [6.45, 7) is 3.34. The Morgan fingerprint density at radius 1 is 1.22 bits per heavy atom. The number of aromatic carboxylic acids is 1. The minimum absolute atomic E-state index is 0.0761. The van der Waals surface area contributed by atoms with Crippen LogP contribution < -0.4 is 9.67 Å². The number of imidazole rings is 1. The average Bonchev–Trinajstić information content (AvgIpc) is 2.97. The van der Waals surface area contributed by atoms with Gasteiger partial charge < -0.3 is 15.0 Å². The van der Waals surface area contributed by atoms with Crippen molar-refractivity contribution >= 4 is 5.97 Å². The maximum Gasteiger partial charge on any atom is 0.243 e. The fraction of sp³-hybridized carbons (Fsp3) is 0.444. The molecular formula is C18H26N2O3. The molecule has 0 fully saturated rings. The molecule has 1 N–H and O–H groups in total. The van der Waals surface area contributed by atoms with Gasteiger partial charge in [-0.15, -0.1) is 0 Å². The zero-order chi connectivity index (χ0) is 17.1. The van der Waals surface area contributed by atoms with Crippen LogP contribution in [0.2, 0.25) is 0 Å². The molecule has 0 amide bonds. The number of aromatic nitrogens is 2. The van der Waals surface area contributed by atoms with E-state index in [4.69, 9.17) is 5.11 Å². The van der Waals surface area contributed by atoms with E-state index >= 15 is 0 Å². The molecule has 1 aromatic carbocycles. The van der Waals surface area contributed by atoms with Crippen LogP contribution in [0.25, 0.3) is 0 Å². The number of benzene rings is 1. The molecule has 23 heavy (non-hydrogen) atoms. The number of carboxylic acids is 1. The van der Waals surface area contributed by atoms with Crippen molar-refractivity contribution in [1.82, 2.24) is 4.57 Å². The van der Waals surface area contributed by atoms with Crippen LogP contribution in [-0.2, 0) is 20.2 Å². The van der Waals surface area contributed by atoms with Gasteiger partial charge in [0.15, 0.2) is 0 Å². The number of carbonyl (C=O) groups is 1. The normalized spacial score (nSPS) is 10.0. The summed E-state index contributed by atoms with van der Waals surface area (Å²) >= 11 is 0. The third kappa shape index (κ3) is 7.61. The van der Waals surface area contributed by atoms with E-state index in [1.807, 2.05) is 0 Å². The SMILES string of the molecule is CCCCCC[n+]1ccn(C)c1.O=C([O-])c1ccc(CO)cc1. The molecular weight excluding hydrogens is 292 g/mol. The first-order valence-corrected chi connectivity index (χ1v) is 7.99. The van der Waals surface area contributed by atoms with Crippen molar-refractivity contribution in [2.24, 2.45) is 7.05 Å². The van der Waals surface area contributed by atoms with E-state index in [2.05, 4.69) is 41.8 Å². The first-order valence-electron chi connectivity index (χ1n) is 7.99. The number of unbranched alkanes of at least 4 members (excludes halogenated alkanes) is 3. The van der Waals surface area contributed by atoms with Crippen molar-refractivity contribution in [3.8, 4) is 0 Å². The maximum absolute atomic E-state index is 10.2. The van der Waals surface area contributed by atoms with Gasteiger partial charge in [-0.05, 0) is 24.0 Å². The van der Waals surface area contributed by atoms with E-state index < -0.39 is 5.97 Å². The van der Waals surface area contributed by atoms with Crippen LogP contribution in [-0.4, -0.2) is 15.6 Å². The molecule has 0 aliphatic rings. The predicted octanol–water partition coefficient (Wildman–Crippen LogP) is 1.44. The summed E-state index contributed by atoms with van der Waals surface area (Å²) < 4.78 is 4.33. The molecule has 0 unspecified atom stereocenters. The fourth-order valence-electron chi connectivity index (χ4n) is 2.10. The van der Waals surface area contributed by atoms with Crippen LogP contribution in [0, 0.1) is 0 Å². The van der Waals surface area contributed by atoms with Crippen LogP contribution in [0.5, 0.6) is 0 Å². The van der Waals surface area contributed by atoms with Crippen molar-refractivity contribution in [3.05, 3.63) is 54.1 Å². The van der Waals surface area contributed by atoms with E-state index in [9.17, 15) is 9.90 Å². The second-order valence-electron chi connectivity index (χ2n) is 5.52. The Kier molecular flexibility index (Phi) is 8.68. The maximum atomic E-state index is 10.2. The molecule has 0 saturated heterocycles. The number of aliphatic hydroxyl groups is 1. The highest BCUT2D eigenvalue weighted by Crippen LogP contribution is 2.02. The summed E-state index contributed by atoms with van der Waals surface area (Å²) in [5, 5.41) is 18.8. The highest BCUT2D eigenvalue weighted by molar-refractivity contribution is 5.85. The number of carboxylic acid groups (broad SMARTS) is 1. The Morgan fingerprint density at radius 2 is 1.91 bits per heavy atom. The molecule has 126 valence electrons. The predicted molar refractivity (Wildman–Crippen MR) is 86.4 cm³/mol. The van der Waals surface area contributed by atoms with Gasteiger partial charge in [0, 0.05) is 0 Å². The molecule has 0 saturated carbocycles. The van der Waals surface area contributed by atoms with Gasteiger partial charge in [0.05, 0.1) is 26.2 Å². The van der Waals surface area contributed by atoms with E-state index in [1.54, 1.807) is 12.1 Å². The third-order valence-corrected chi connectivity index (χ3v) is 3.47. The van der Waals surface area contributed by atoms with Gasteiger partial charge in [-0.1, -0.05) is 44.0 Å². The lowest BCUT2D eigenvalue weighted by atomic mass is 10.1. The zero-order valence-corrected chi connectivity index (χ0v) is 13.9. The van der Waals surface area contributed by atoms with Crippen molar-refractivity contribution in [1.29, 1.82) is 0 Å². The quantitative estimate of drug-likeness (QED) is 0.620. The number of rotatable bonds is 7. The van der Waals surface area contributed by atoms with E-state index in [0.717, 1.165) is 0 Å². The molecule has 0 spiro atoms. The number of hydrogen-bond donors (Lipinski definition) is 1. The molecule has 0 aliphatic carbocycles. The van der Waals surface area contributed by atoms with Crippen molar-refractivity contribution in [3.63, 3.8) is 0 Å². The topological polar surface area (TPSA) is 69.2 Å². The fourth-order valence-corrected chi connectivity index (χ4v) is 2.10. The summed E-state index contributed by atoms with van der Waals surface area (Å²) in [6, 6.07) is 5.90. The minimum atomic E-state index is -1.20. The average molecular weight is 318 g/mol. The van der Waals surface area contributed by atoms with E-state index in [-0.39, 0.29) is 12.2 Å². The van der Waals surface area contributed by atoms with Gasteiger partial charge in [0.2, 0.25) is 6.33 Å². The van der Waals surface area contributed by atoms with Crippen molar-refractivity contribution in [2.75, 3.05) is 0 Å². The highest BCUT2D eigenvalue weighted by atomic mass is 16.4. The van der Waals surface area contributed by atoms with E-state index in [1.165, 1.54) is 44.4 Å².